The van der Waals surface area contributed by atoms with E-state index in [0.29, 0.717) is 29.0 Å². The largest absolute Gasteiger partial charge is 0.468 e. The van der Waals surface area contributed by atoms with E-state index in [-0.39, 0.29) is 17.6 Å². The van der Waals surface area contributed by atoms with Crippen molar-refractivity contribution < 1.29 is 28.2 Å². The normalized spacial score (nSPS) is 26.0. The molecule has 3 aliphatic rings. The lowest BCUT2D eigenvalue weighted by Crippen LogP contribution is -2.43. The molecule has 1 aromatic rings. The maximum Gasteiger partial charge on any atom is 0.337 e. The first kappa shape index (κ1) is 22.2. The summed E-state index contributed by atoms with van der Waals surface area (Å²) in [5.41, 5.74) is 2.31. The highest BCUT2D eigenvalue weighted by atomic mass is 19.1. The first-order valence-electron chi connectivity index (χ1n) is 11.1. The third-order valence-corrected chi connectivity index (χ3v) is 6.72. The van der Waals surface area contributed by atoms with Gasteiger partial charge in [-0.3, -0.25) is 9.59 Å². The van der Waals surface area contributed by atoms with Gasteiger partial charge in [0.2, 0.25) is 0 Å². The van der Waals surface area contributed by atoms with Crippen molar-refractivity contribution in [3.63, 3.8) is 0 Å². The molecule has 1 N–H and O–H groups in total. The first-order chi connectivity index (χ1) is 15.3. The number of dihydropyridines is 1. The highest BCUT2D eigenvalue weighted by Crippen LogP contribution is 2.45. The Morgan fingerprint density at radius 1 is 1.19 bits per heavy atom. The van der Waals surface area contributed by atoms with Crippen molar-refractivity contribution in [2.24, 2.45) is 11.8 Å². The highest BCUT2D eigenvalue weighted by Gasteiger charge is 2.47. The minimum absolute atomic E-state index is 0.156. The molecule has 3 atom stereocenters. The van der Waals surface area contributed by atoms with E-state index in [1.165, 1.54) is 19.2 Å². The number of nitrogens with one attached hydrogen (secondary N) is 1. The van der Waals surface area contributed by atoms with Crippen LogP contribution >= 0.6 is 0 Å². The average Bonchev–Trinajstić information content (AvgIpc) is 3.25. The number of ether oxygens (including phenoxy) is 2. The lowest BCUT2D eigenvalue weighted by atomic mass is 9.69. The zero-order chi connectivity index (χ0) is 23.0. The lowest BCUT2D eigenvalue weighted by molar-refractivity contribution is -0.151. The van der Waals surface area contributed by atoms with E-state index in [2.05, 4.69) is 5.32 Å². The van der Waals surface area contributed by atoms with Crippen LogP contribution in [0.25, 0.3) is 0 Å². The standard InChI is InChI=1S/C25H28FNO5/c1-13-11-18-22(23(28)19(13)24(29)31-3)21(15-7-6-8-16(26)12-15)20(14(2)27-18)25(30)32-17-9-4-5-10-17/h6-8,12-13,17,19,21,27H,4-5,9-11H2,1-3H3/t13-,19-,21-/m0/s1. The number of Topliss-reactive ketones (excluding diaryl/α,β-unsaturated/α-hetero) is 1. The van der Waals surface area contributed by atoms with Crippen LogP contribution in [0.3, 0.4) is 0 Å². The number of methoxy groups -OCH3 is 1. The van der Waals surface area contributed by atoms with Gasteiger partial charge in [0, 0.05) is 22.9 Å². The second-order valence-corrected chi connectivity index (χ2v) is 8.90. The molecule has 32 heavy (non-hydrogen) atoms. The van der Waals surface area contributed by atoms with Crippen molar-refractivity contribution in [1.82, 2.24) is 5.32 Å². The molecule has 1 saturated carbocycles. The third kappa shape index (κ3) is 3.96. The van der Waals surface area contributed by atoms with Crippen molar-refractivity contribution in [2.75, 3.05) is 7.11 Å². The van der Waals surface area contributed by atoms with E-state index >= 15 is 0 Å². The van der Waals surface area contributed by atoms with Gasteiger partial charge in [-0.2, -0.15) is 0 Å². The molecule has 1 fully saturated rings. The van der Waals surface area contributed by atoms with Crippen molar-refractivity contribution in [1.29, 1.82) is 0 Å². The van der Waals surface area contributed by atoms with Crippen LogP contribution in [0.2, 0.25) is 0 Å². The molecule has 2 aliphatic carbocycles. The van der Waals surface area contributed by atoms with E-state index in [1.807, 2.05) is 6.92 Å². The predicted octanol–water partition coefficient (Wildman–Crippen LogP) is 3.92. The van der Waals surface area contributed by atoms with Crippen LogP contribution in [0.5, 0.6) is 0 Å². The number of hydrogen-bond acceptors (Lipinski definition) is 6. The Bertz CT molecular complexity index is 1020. The Morgan fingerprint density at radius 3 is 2.56 bits per heavy atom. The molecule has 0 spiro atoms. The molecular formula is C25H28FNO5. The quantitative estimate of drug-likeness (QED) is 0.563. The first-order valence-corrected chi connectivity index (χ1v) is 11.1. The van der Waals surface area contributed by atoms with Gasteiger partial charge in [-0.1, -0.05) is 19.1 Å². The number of carbonyl (C=O) groups is 3. The Labute approximate surface area is 186 Å². The number of halogens is 1. The third-order valence-electron chi connectivity index (χ3n) is 6.72. The minimum Gasteiger partial charge on any atom is -0.468 e. The van der Waals surface area contributed by atoms with Gasteiger partial charge in [0.1, 0.15) is 17.8 Å². The zero-order valence-corrected chi connectivity index (χ0v) is 18.6. The molecule has 0 unspecified atom stereocenters. The molecule has 4 rings (SSSR count). The number of ketones is 1. The topological polar surface area (TPSA) is 81.7 Å². The van der Waals surface area contributed by atoms with Crippen LogP contribution in [0.1, 0.15) is 57.4 Å². The van der Waals surface area contributed by atoms with Crippen molar-refractivity contribution in [3.05, 3.63) is 58.2 Å². The summed E-state index contributed by atoms with van der Waals surface area (Å²) in [6.45, 7) is 3.59. The number of benzene rings is 1. The fraction of sp³-hybridized carbons (Fsp3) is 0.480. The van der Waals surface area contributed by atoms with E-state index in [1.54, 1.807) is 19.1 Å². The maximum absolute atomic E-state index is 14.2. The SMILES string of the molecule is COC(=O)[C@@H]1C(=O)C2=C(C[C@@H]1C)NC(C)=C(C(=O)OC1CCCC1)[C@@H]2c1cccc(F)c1. The second kappa shape index (κ2) is 8.88. The van der Waals surface area contributed by atoms with Gasteiger partial charge in [0.15, 0.2) is 5.78 Å². The molecule has 170 valence electrons. The summed E-state index contributed by atoms with van der Waals surface area (Å²) < 4.78 is 24.9. The summed E-state index contributed by atoms with van der Waals surface area (Å²) in [5.74, 6) is -4.03. The minimum atomic E-state index is -0.970. The zero-order valence-electron chi connectivity index (χ0n) is 18.6. The number of hydrogen-bond donors (Lipinski definition) is 1. The molecule has 0 bridgehead atoms. The molecular weight excluding hydrogens is 413 g/mol. The molecule has 1 aromatic carbocycles. The monoisotopic (exact) mass is 441 g/mol. The Kier molecular flexibility index (Phi) is 6.17. The number of carbonyl (C=O) groups excluding carboxylic acids is 3. The van der Waals surface area contributed by atoms with Gasteiger partial charge in [-0.05, 0) is 62.6 Å². The molecule has 7 heteroatoms. The summed E-state index contributed by atoms with van der Waals surface area (Å²) in [4.78, 5) is 39.3. The smallest absolute Gasteiger partial charge is 0.337 e. The molecule has 1 heterocycles. The van der Waals surface area contributed by atoms with E-state index < -0.39 is 35.4 Å². The van der Waals surface area contributed by atoms with Gasteiger partial charge in [0.05, 0.1) is 12.7 Å². The summed E-state index contributed by atoms with van der Waals surface area (Å²) >= 11 is 0. The van der Waals surface area contributed by atoms with Crippen LogP contribution in [-0.4, -0.2) is 30.9 Å². The molecule has 6 nitrogen and oxygen atoms in total. The fourth-order valence-corrected chi connectivity index (χ4v) is 5.19. The van der Waals surface area contributed by atoms with Crippen LogP contribution in [-0.2, 0) is 23.9 Å². The number of esters is 2. The molecule has 0 radical (unpaired) electrons. The second-order valence-electron chi connectivity index (χ2n) is 8.90. The Balaban J connectivity index is 1.81. The van der Waals surface area contributed by atoms with E-state index in [9.17, 15) is 18.8 Å². The van der Waals surface area contributed by atoms with Gasteiger partial charge >= 0.3 is 11.9 Å². The predicted molar refractivity (Wildman–Crippen MR) is 115 cm³/mol. The lowest BCUT2D eigenvalue weighted by Gasteiger charge is -2.38. The van der Waals surface area contributed by atoms with E-state index in [4.69, 9.17) is 9.47 Å². The Morgan fingerprint density at radius 2 is 1.91 bits per heavy atom. The molecule has 0 saturated heterocycles. The van der Waals surface area contributed by atoms with Crippen molar-refractivity contribution in [2.45, 2.75) is 58.0 Å². The molecule has 1 aliphatic heterocycles. The summed E-state index contributed by atoms with van der Waals surface area (Å²) in [5, 5.41) is 3.22. The van der Waals surface area contributed by atoms with Crippen molar-refractivity contribution in [3.8, 4) is 0 Å². The molecule has 0 amide bonds. The summed E-state index contributed by atoms with van der Waals surface area (Å²) in [7, 11) is 1.25. The van der Waals surface area contributed by atoms with Crippen LogP contribution < -0.4 is 5.32 Å². The van der Waals surface area contributed by atoms with Gasteiger partial charge < -0.3 is 14.8 Å². The van der Waals surface area contributed by atoms with Gasteiger partial charge in [-0.25, -0.2) is 9.18 Å². The Hall–Kier alpha value is -2.96. The van der Waals surface area contributed by atoms with Crippen LogP contribution in [0, 0.1) is 17.7 Å². The fourth-order valence-electron chi connectivity index (χ4n) is 5.19. The van der Waals surface area contributed by atoms with Gasteiger partial charge in [-0.15, -0.1) is 0 Å². The van der Waals surface area contributed by atoms with E-state index in [0.717, 1.165) is 25.7 Å². The number of rotatable bonds is 4. The summed E-state index contributed by atoms with van der Waals surface area (Å²) in [6.07, 6.45) is 3.92. The number of allylic oxidation sites excluding steroid dienone is 3. The van der Waals surface area contributed by atoms with Crippen LogP contribution in [0.4, 0.5) is 4.39 Å². The summed E-state index contributed by atoms with van der Waals surface area (Å²) in [6, 6.07) is 5.89. The average molecular weight is 441 g/mol. The maximum atomic E-state index is 14.2. The van der Waals surface area contributed by atoms with Crippen molar-refractivity contribution >= 4 is 17.7 Å². The van der Waals surface area contributed by atoms with Crippen LogP contribution in [0.15, 0.2) is 46.8 Å². The van der Waals surface area contributed by atoms with Gasteiger partial charge in [0.25, 0.3) is 0 Å². The molecule has 0 aromatic heterocycles. The highest BCUT2D eigenvalue weighted by molar-refractivity contribution is 6.12.